The number of aryl methyl sites for hydroxylation is 1. The fourth-order valence-corrected chi connectivity index (χ4v) is 1.71. The van der Waals surface area contributed by atoms with Crippen LogP contribution in [-0.4, -0.2) is 15.7 Å². The third-order valence-electron chi connectivity index (χ3n) is 2.69. The van der Waals surface area contributed by atoms with E-state index in [2.05, 4.69) is 31.2 Å². The van der Waals surface area contributed by atoms with Gasteiger partial charge in [-0.3, -0.25) is 9.48 Å². The van der Waals surface area contributed by atoms with Gasteiger partial charge in [-0.25, -0.2) is 0 Å². The Balaban J connectivity index is 2.20. The zero-order valence-corrected chi connectivity index (χ0v) is 12.1. The van der Waals surface area contributed by atoms with E-state index >= 15 is 0 Å². The molecule has 0 spiro atoms. The molecular formula is C13H16ClN3O2. The molecule has 0 saturated carbocycles. The van der Waals surface area contributed by atoms with Crippen LogP contribution in [0, 0.1) is 0 Å². The molecule has 0 aromatic carbocycles. The molecule has 5 nitrogen and oxygen atoms in total. The average molecular weight is 282 g/mol. The van der Waals surface area contributed by atoms with Gasteiger partial charge in [0.1, 0.15) is 5.82 Å². The summed E-state index contributed by atoms with van der Waals surface area (Å²) in [5.74, 6) is 0.432. The molecule has 0 atom stereocenters. The molecule has 1 amide bonds. The Morgan fingerprint density at radius 2 is 2.11 bits per heavy atom. The van der Waals surface area contributed by atoms with Crippen LogP contribution in [0.1, 0.15) is 37.0 Å². The fourth-order valence-electron chi connectivity index (χ4n) is 1.56. The maximum atomic E-state index is 11.9. The van der Waals surface area contributed by atoms with Crippen molar-refractivity contribution >= 4 is 23.3 Å². The quantitative estimate of drug-likeness (QED) is 0.919. The second kappa shape index (κ2) is 4.74. The van der Waals surface area contributed by atoms with Gasteiger partial charge in [0.2, 0.25) is 0 Å². The highest BCUT2D eigenvalue weighted by atomic mass is 35.5. The predicted octanol–water partition coefficient (Wildman–Crippen LogP) is 3.22. The summed E-state index contributed by atoms with van der Waals surface area (Å²) in [6.07, 6.45) is 0. The molecule has 2 aromatic rings. The van der Waals surface area contributed by atoms with Gasteiger partial charge in [0, 0.05) is 18.5 Å². The third kappa shape index (κ3) is 2.98. The second-order valence-corrected chi connectivity index (χ2v) is 5.72. The Bertz CT molecular complexity index is 608. The van der Waals surface area contributed by atoms with Crippen LogP contribution < -0.4 is 5.32 Å². The Morgan fingerprint density at radius 1 is 1.42 bits per heavy atom. The van der Waals surface area contributed by atoms with Gasteiger partial charge >= 0.3 is 0 Å². The second-order valence-electron chi connectivity index (χ2n) is 5.35. The lowest BCUT2D eigenvalue weighted by Crippen LogP contribution is -2.13. The number of carbonyl (C=O) groups excluding carboxylic acids is 1. The van der Waals surface area contributed by atoms with E-state index < -0.39 is 0 Å². The van der Waals surface area contributed by atoms with Crippen molar-refractivity contribution in [3.8, 4) is 0 Å². The Labute approximate surface area is 116 Å². The van der Waals surface area contributed by atoms with Crippen LogP contribution in [0.5, 0.6) is 0 Å². The van der Waals surface area contributed by atoms with Gasteiger partial charge in [-0.1, -0.05) is 20.8 Å². The number of nitrogens with one attached hydrogen (secondary N) is 1. The maximum Gasteiger partial charge on any atom is 0.292 e. The summed E-state index contributed by atoms with van der Waals surface area (Å²) >= 11 is 5.64. The topological polar surface area (TPSA) is 60.1 Å². The van der Waals surface area contributed by atoms with Crippen molar-refractivity contribution in [2.75, 3.05) is 5.32 Å². The molecular weight excluding hydrogens is 266 g/mol. The molecule has 0 saturated heterocycles. The van der Waals surface area contributed by atoms with Gasteiger partial charge in [-0.15, -0.1) is 0 Å². The van der Waals surface area contributed by atoms with E-state index in [1.807, 2.05) is 6.07 Å². The van der Waals surface area contributed by atoms with E-state index in [9.17, 15) is 4.79 Å². The number of hydrogen-bond donors (Lipinski definition) is 1. The van der Waals surface area contributed by atoms with Crippen LogP contribution in [0.2, 0.25) is 5.22 Å². The molecule has 0 bridgehead atoms. The van der Waals surface area contributed by atoms with Crippen molar-refractivity contribution in [1.29, 1.82) is 0 Å². The van der Waals surface area contributed by atoms with Crippen molar-refractivity contribution in [3.63, 3.8) is 0 Å². The summed E-state index contributed by atoms with van der Waals surface area (Å²) in [5, 5.41) is 7.31. The number of rotatable bonds is 2. The number of aromatic nitrogens is 2. The van der Waals surface area contributed by atoms with Crippen LogP contribution in [0.4, 0.5) is 5.82 Å². The number of nitrogens with zero attached hydrogens (tertiary/aromatic N) is 2. The first-order chi connectivity index (χ1) is 8.77. The molecule has 1 N–H and O–H groups in total. The van der Waals surface area contributed by atoms with Gasteiger partial charge in [-0.05, 0) is 23.7 Å². The number of amides is 1. The largest absolute Gasteiger partial charge is 0.440 e. The molecule has 6 heteroatoms. The molecule has 0 unspecified atom stereocenters. The minimum atomic E-state index is -0.352. The minimum absolute atomic E-state index is 0.0747. The molecule has 0 aliphatic rings. The lowest BCUT2D eigenvalue weighted by Gasteiger charge is -2.13. The van der Waals surface area contributed by atoms with Crippen LogP contribution in [-0.2, 0) is 12.5 Å². The smallest absolute Gasteiger partial charge is 0.292 e. The molecule has 0 fully saturated rings. The van der Waals surface area contributed by atoms with Crippen LogP contribution in [0.25, 0.3) is 0 Å². The standard InChI is InChI=1S/C13H16ClN3O2/c1-13(2,3)9-7-11(17(4)16-9)15-12(18)8-5-6-10(14)19-8/h5-7H,1-4H3,(H,15,18). The zero-order chi connectivity index (χ0) is 14.2. The fraction of sp³-hybridized carbons (Fsp3) is 0.385. The summed E-state index contributed by atoms with van der Waals surface area (Å²) < 4.78 is 6.68. The number of carbonyl (C=O) groups is 1. The summed E-state index contributed by atoms with van der Waals surface area (Å²) in [6.45, 7) is 6.19. The highest BCUT2D eigenvalue weighted by Crippen LogP contribution is 2.24. The van der Waals surface area contributed by atoms with Crippen LogP contribution in [0.15, 0.2) is 22.6 Å². The minimum Gasteiger partial charge on any atom is -0.440 e. The summed E-state index contributed by atoms with van der Waals surface area (Å²) in [5.41, 5.74) is 0.831. The molecule has 0 aliphatic heterocycles. The van der Waals surface area contributed by atoms with Gasteiger partial charge < -0.3 is 9.73 Å². The normalized spacial score (nSPS) is 11.6. The van der Waals surface area contributed by atoms with Crippen molar-refractivity contribution in [2.24, 2.45) is 7.05 Å². The Hall–Kier alpha value is -1.75. The molecule has 2 aromatic heterocycles. The van der Waals surface area contributed by atoms with Gasteiger partial charge in [-0.2, -0.15) is 5.10 Å². The van der Waals surface area contributed by atoms with Gasteiger partial charge in [0.15, 0.2) is 11.0 Å². The van der Waals surface area contributed by atoms with Gasteiger partial charge in [0.25, 0.3) is 5.91 Å². The summed E-state index contributed by atoms with van der Waals surface area (Å²) in [7, 11) is 1.78. The third-order valence-corrected chi connectivity index (χ3v) is 2.89. The number of anilines is 1. The number of hydrogen-bond acceptors (Lipinski definition) is 3. The lowest BCUT2D eigenvalue weighted by molar-refractivity contribution is 0.0996. The van der Waals surface area contributed by atoms with E-state index in [0.29, 0.717) is 5.82 Å². The summed E-state index contributed by atoms with van der Waals surface area (Å²) in [4.78, 5) is 11.9. The maximum absolute atomic E-state index is 11.9. The van der Waals surface area contributed by atoms with Crippen LogP contribution in [0.3, 0.4) is 0 Å². The molecule has 19 heavy (non-hydrogen) atoms. The zero-order valence-electron chi connectivity index (χ0n) is 11.3. The molecule has 2 heterocycles. The van der Waals surface area contributed by atoms with Crippen molar-refractivity contribution in [1.82, 2.24) is 9.78 Å². The highest BCUT2D eigenvalue weighted by molar-refractivity contribution is 6.29. The first-order valence-electron chi connectivity index (χ1n) is 5.88. The van der Waals surface area contributed by atoms with E-state index in [1.54, 1.807) is 11.7 Å². The number of furan rings is 1. The van der Waals surface area contributed by atoms with Crippen LogP contribution >= 0.6 is 11.6 Å². The average Bonchev–Trinajstić information content (AvgIpc) is 2.85. The SMILES string of the molecule is Cn1nc(C(C)(C)C)cc1NC(=O)c1ccc(Cl)o1. The van der Waals surface area contributed by atoms with Gasteiger partial charge in [0.05, 0.1) is 5.69 Å². The molecule has 2 rings (SSSR count). The van der Waals surface area contributed by atoms with Crippen molar-refractivity contribution < 1.29 is 9.21 Å². The molecule has 102 valence electrons. The van der Waals surface area contributed by atoms with E-state index in [0.717, 1.165) is 5.69 Å². The van der Waals surface area contributed by atoms with E-state index in [-0.39, 0.29) is 22.3 Å². The van der Waals surface area contributed by atoms with E-state index in [1.165, 1.54) is 12.1 Å². The Kier molecular flexibility index (Phi) is 3.41. The Morgan fingerprint density at radius 3 is 2.58 bits per heavy atom. The lowest BCUT2D eigenvalue weighted by atomic mass is 9.92. The number of halogens is 1. The van der Waals surface area contributed by atoms with Crippen molar-refractivity contribution in [2.45, 2.75) is 26.2 Å². The highest BCUT2D eigenvalue weighted by Gasteiger charge is 2.20. The summed E-state index contributed by atoms with van der Waals surface area (Å²) in [6, 6.07) is 4.90. The molecule has 0 aliphatic carbocycles. The monoisotopic (exact) mass is 281 g/mol. The predicted molar refractivity (Wildman–Crippen MR) is 73.6 cm³/mol. The first-order valence-corrected chi connectivity index (χ1v) is 6.26. The van der Waals surface area contributed by atoms with Crippen molar-refractivity contribution in [3.05, 3.63) is 34.9 Å². The van der Waals surface area contributed by atoms with E-state index in [4.69, 9.17) is 16.0 Å². The molecule has 0 radical (unpaired) electrons. The first kappa shape index (κ1) is 13.7.